The number of hydrogen-bond donors (Lipinski definition) is 2. The Morgan fingerprint density at radius 2 is 1.71 bits per heavy atom. The number of nitrogens with one attached hydrogen (secondary N) is 1. The van der Waals surface area contributed by atoms with Crippen molar-refractivity contribution >= 4 is 22.4 Å². The second-order valence-electron chi connectivity index (χ2n) is 7.57. The van der Waals surface area contributed by atoms with Crippen LogP contribution in [-0.2, 0) is 0 Å². The summed E-state index contributed by atoms with van der Waals surface area (Å²) in [6.45, 7) is 0. The summed E-state index contributed by atoms with van der Waals surface area (Å²) < 4.78 is 5.85. The van der Waals surface area contributed by atoms with Crippen LogP contribution in [-0.4, -0.2) is 21.2 Å². The molecular weight excluding hydrogens is 386 g/mol. The molecule has 31 heavy (non-hydrogen) atoms. The summed E-state index contributed by atoms with van der Waals surface area (Å²) in [7, 11) is 0. The van der Waals surface area contributed by atoms with Crippen LogP contribution in [0.25, 0.3) is 10.9 Å². The molecule has 0 saturated heterocycles. The van der Waals surface area contributed by atoms with Gasteiger partial charge in [-0.05, 0) is 73.4 Å². The first-order valence-corrected chi connectivity index (χ1v) is 10.3. The van der Waals surface area contributed by atoms with E-state index in [9.17, 15) is 5.11 Å². The van der Waals surface area contributed by atoms with Gasteiger partial charge in [0.25, 0.3) is 0 Å². The van der Waals surface area contributed by atoms with Gasteiger partial charge >= 0.3 is 0 Å². The van der Waals surface area contributed by atoms with Gasteiger partial charge in [0.1, 0.15) is 29.7 Å². The average Bonchev–Trinajstić information content (AvgIpc) is 3.65. The standard InChI is InChI=1S/C26H21N3O2/c30-25(19-8-9-19)15-7-18-6-14-24-23(16-18)26(28-17-27-24)29-20-10-12-22(13-11-20)31-21-4-2-1-3-5-21/h1-6,10-14,16-17,19,25,30H,8-9H2,(H,27,28,29). The Morgan fingerprint density at radius 3 is 2.48 bits per heavy atom. The van der Waals surface area contributed by atoms with Gasteiger partial charge in [0, 0.05) is 16.6 Å². The minimum atomic E-state index is -0.545. The lowest BCUT2D eigenvalue weighted by Gasteiger charge is -2.10. The third kappa shape index (κ3) is 4.66. The normalized spacial score (nSPS) is 13.8. The molecule has 1 aliphatic carbocycles. The Labute approximate surface area is 180 Å². The Balaban J connectivity index is 1.36. The number of aliphatic hydroxyl groups is 1. The second-order valence-corrected chi connectivity index (χ2v) is 7.57. The quantitative estimate of drug-likeness (QED) is 0.440. The van der Waals surface area contributed by atoms with Crippen molar-refractivity contribution < 1.29 is 9.84 Å². The predicted octanol–water partition coefficient (Wildman–Crippen LogP) is 5.29. The van der Waals surface area contributed by atoms with Crippen molar-refractivity contribution in [1.29, 1.82) is 0 Å². The lowest BCUT2D eigenvalue weighted by Crippen LogP contribution is -2.04. The van der Waals surface area contributed by atoms with Crippen LogP contribution in [0.1, 0.15) is 18.4 Å². The van der Waals surface area contributed by atoms with E-state index in [1.807, 2.05) is 72.8 Å². The maximum absolute atomic E-state index is 10.0. The van der Waals surface area contributed by atoms with Crippen molar-refractivity contribution in [3.8, 4) is 23.3 Å². The highest BCUT2D eigenvalue weighted by atomic mass is 16.5. The summed E-state index contributed by atoms with van der Waals surface area (Å²) in [6.07, 6.45) is 3.12. The number of fused-ring (bicyclic) bond motifs is 1. The monoisotopic (exact) mass is 407 g/mol. The molecule has 5 nitrogen and oxygen atoms in total. The van der Waals surface area contributed by atoms with Crippen molar-refractivity contribution in [2.45, 2.75) is 18.9 Å². The summed E-state index contributed by atoms with van der Waals surface area (Å²) in [5, 5.41) is 14.2. The molecule has 152 valence electrons. The average molecular weight is 407 g/mol. The van der Waals surface area contributed by atoms with E-state index in [2.05, 4.69) is 27.1 Å². The first-order valence-electron chi connectivity index (χ1n) is 10.3. The van der Waals surface area contributed by atoms with Crippen molar-refractivity contribution in [2.24, 2.45) is 5.92 Å². The number of ether oxygens (including phenoxy) is 1. The highest BCUT2D eigenvalue weighted by Crippen LogP contribution is 2.32. The molecule has 1 heterocycles. The van der Waals surface area contributed by atoms with Gasteiger partial charge in [0.05, 0.1) is 5.52 Å². The minimum absolute atomic E-state index is 0.336. The van der Waals surface area contributed by atoms with Gasteiger partial charge in [0.15, 0.2) is 0 Å². The molecule has 1 aliphatic rings. The Hall–Kier alpha value is -3.88. The third-order valence-electron chi connectivity index (χ3n) is 5.16. The Kier molecular flexibility index (Phi) is 5.22. The van der Waals surface area contributed by atoms with E-state index in [0.29, 0.717) is 11.7 Å². The first-order chi connectivity index (χ1) is 15.2. The second kappa shape index (κ2) is 8.47. The van der Waals surface area contributed by atoms with Gasteiger partial charge in [0.2, 0.25) is 0 Å². The van der Waals surface area contributed by atoms with Crippen molar-refractivity contribution in [3.05, 3.63) is 84.7 Å². The van der Waals surface area contributed by atoms with Crippen LogP contribution in [0.3, 0.4) is 0 Å². The maximum Gasteiger partial charge on any atom is 0.141 e. The number of para-hydroxylation sites is 1. The van der Waals surface area contributed by atoms with Crippen LogP contribution in [0.15, 0.2) is 79.1 Å². The molecule has 0 aliphatic heterocycles. The molecule has 1 fully saturated rings. The summed E-state index contributed by atoms with van der Waals surface area (Å²) in [4.78, 5) is 8.77. The van der Waals surface area contributed by atoms with Crippen LogP contribution in [0, 0.1) is 17.8 Å². The van der Waals surface area contributed by atoms with Gasteiger partial charge in [-0.2, -0.15) is 0 Å². The number of rotatable bonds is 5. The molecule has 0 spiro atoms. The fourth-order valence-electron chi connectivity index (χ4n) is 3.29. The maximum atomic E-state index is 10.0. The number of aliphatic hydroxyl groups excluding tert-OH is 1. The molecule has 1 atom stereocenters. The zero-order valence-electron chi connectivity index (χ0n) is 16.8. The number of aromatic nitrogens is 2. The van der Waals surface area contributed by atoms with Crippen LogP contribution in [0.5, 0.6) is 11.5 Å². The molecule has 1 unspecified atom stereocenters. The van der Waals surface area contributed by atoms with E-state index in [1.165, 1.54) is 0 Å². The largest absolute Gasteiger partial charge is 0.457 e. The molecule has 3 aromatic carbocycles. The third-order valence-corrected chi connectivity index (χ3v) is 5.16. The van der Waals surface area contributed by atoms with Crippen LogP contribution in [0.2, 0.25) is 0 Å². The molecule has 5 rings (SSSR count). The molecule has 1 saturated carbocycles. The number of nitrogens with zero attached hydrogens (tertiary/aromatic N) is 2. The van der Waals surface area contributed by atoms with Gasteiger partial charge < -0.3 is 15.2 Å². The molecule has 1 aromatic heterocycles. The lowest BCUT2D eigenvalue weighted by atomic mass is 10.1. The summed E-state index contributed by atoms with van der Waals surface area (Å²) >= 11 is 0. The SMILES string of the molecule is OC(C#Cc1ccc2ncnc(Nc3ccc(Oc4ccccc4)cc3)c2c1)C1CC1. The van der Waals surface area contributed by atoms with Crippen LogP contribution >= 0.6 is 0 Å². The summed E-state index contributed by atoms with van der Waals surface area (Å²) in [5.41, 5.74) is 2.55. The van der Waals surface area contributed by atoms with E-state index in [0.717, 1.165) is 46.5 Å². The minimum Gasteiger partial charge on any atom is -0.457 e. The molecule has 5 heteroatoms. The smallest absolute Gasteiger partial charge is 0.141 e. The zero-order chi connectivity index (χ0) is 21.0. The highest BCUT2D eigenvalue weighted by molar-refractivity contribution is 5.91. The molecule has 0 radical (unpaired) electrons. The molecule has 0 bridgehead atoms. The Bertz CT molecular complexity index is 1260. The van der Waals surface area contributed by atoms with Crippen molar-refractivity contribution in [1.82, 2.24) is 9.97 Å². The van der Waals surface area contributed by atoms with Gasteiger partial charge in [-0.25, -0.2) is 9.97 Å². The van der Waals surface area contributed by atoms with E-state index in [4.69, 9.17) is 4.74 Å². The Morgan fingerprint density at radius 1 is 0.935 bits per heavy atom. The van der Waals surface area contributed by atoms with Gasteiger partial charge in [-0.1, -0.05) is 30.0 Å². The van der Waals surface area contributed by atoms with E-state index in [1.54, 1.807) is 6.33 Å². The number of benzene rings is 3. The predicted molar refractivity (Wildman–Crippen MR) is 121 cm³/mol. The van der Waals surface area contributed by atoms with Crippen molar-refractivity contribution in [2.75, 3.05) is 5.32 Å². The zero-order valence-corrected chi connectivity index (χ0v) is 16.8. The van der Waals surface area contributed by atoms with Crippen LogP contribution in [0.4, 0.5) is 11.5 Å². The van der Waals surface area contributed by atoms with E-state index < -0.39 is 6.10 Å². The number of hydrogen-bond acceptors (Lipinski definition) is 5. The summed E-state index contributed by atoms with van der Waals surface area (Å²) in [6, 6.07) is 23.2. The van der Waals surface area contributed by atoms with Crippen LogP contribution < -0.4 is 10.1 Å². The lowest BCUT2D eigenvalue weighted by molar-refractivity contribution is 0.209. The number of anilines is 2. The molecule has 4 aromatic rings. The topological polar surface area (TPSA) is 67.3 Å². The fraction of sp³-hybridized carbons (Fsp3) is 0.154. The highest BCUT2D eigenvalue weighted by Gasteiger charge is 2.28. The summed E-state index contributed by atoms with van der Waals surface area (Å²) in [5.74, 6) is 8.63. The first kappa shape index (κ1) is 19.1. The van der Waals surface area contributed by atoms with Gasteiger partial charge in [-0.3, -0.25) is 0 Å². The van der Waals surface area contributed by atoms with Crippen molar-refractivity contribution in [3.63, 3.8) is 0 Å². The van der Waals surface area contributed by atoms with E-state index >= 15 is 0 Å². The molecule has 2 N–H and O–H groups in total. The molecule has 0 amide bonds. The fourth-order valence-corrected chi connectivity index (χ4v) is 3.29. The van der Waals surface area contributed by atoms with E-state index in [-0.39, 0.29) is 0 Å². The molecular formula is C26H21N3O2. The van der Waals surface area contributed by atoms with Gasteiger partial charge in [-0.15, -0.1) is 0 Å².